The maximum absolute atomic E-state index is 13.7. The summed E-state index contributed by atoms with van der Waals surface area (Å²) in [6, 6.07) is 8.19. The van der Waals surface area contributed by atoms with E-state index in [4.69, 9.17) is 4.74 Å². The first-order valence-corrected chi connectivity index (χ1v) is 6.27. The SMILES string of the molecule is CC(C)NCCCOCC(F)(F)c1ccccc1. The number of ether oxygens (including phenoxy) is 1. The van der Waals surface area contributed by atoms with Gasteiger partial charge in [0.2, 0.25) is 0 Å². The molecule has 1 aromatic rings. The lowest BCUT2D eigenvalue weighted by Gasteiger charge is -2.17. The van der Waals surface area contributed by atoms with E-state index in [1.54, 1.807) is 18.2 Å². The van der Waals surface area contributed by atoms with Crippen LogP contribution in [0.15, 0.2) is 30.3 Å². The third-order valence-electron chi connectivity index (χ3n) is 2.50. The number of halogens is 2. The zero-order chi connectivity index (χ0) is 13.4. The van der Waals surface area contributed by atoms with Gasteiger partial charge in [0.1, 0.15) is 6.61 Å². The van der Waals surface area contributed by atoms with Crippen LogP contribution in [-0.2, 0) is 10.7 Å². The minimum Gasteiger partial charge on any atom is -0.375 e. The summed E-state index contributed by atoms with van der Waals surface area (Å²) < 4.78 is 32.4. The molecule has 0 heterocycles. The molecule has 0 aromatic heterocycles. The van der Waals surface area contributed by atoms with Crippen LogP contribution in [0, 0.1) is 0 Å². The largest absolute Gasteiger partial charge is 0.375 e. The first-order chi connectivity index (χ1) is 8.52. The van der Waals surface area contributed by atoms with E-state index < -0.39 is 12.5 Å². The van der Waals surface area contributed by atoms with Gasteiger partial charge in [-0.2, -0.15) is 8.78 Å². The lowest BCUT2D eigenvalue weighted by Crippen LogP contribution is -2.26. The molecule has 2 nitrogen and oxygen atoms in total. The van der Waals surface area contributed by atoms with Crippen molar-refractivity contribution in [3.05, 3.63) is 35.9 Å². The number of hydrogen-bond acceptors (Lipinski definition) is 2. The maximum Gasteiger partial charge on any atom is 0.296 e. The molecule has 0 bridgehead atoms. The molecule has 0 fully saturated rings. The van der Waals surface area contributed by atoms with Crippen LogP contribution in [0.2, 0.25) is 0 Å². The highest BCUT2D eigenvalue weighted by molar-refractivity contribution is 5.19. The summed E-state index contributed by atoms with van der Waals surface area (Å²) in [5.74, 6) is -2.91. The Morgan fingerprint density at radius 2 is 1.89 bits per heavy atom. The van der Waals surface area contributed by atoms with Gasteiger partial charge in [0.05, 0.1) is 0 Å². The Hall–Kier alpha value is -1.00. The van der Waals surface area contributed by atoms with Gasteiger partial charge in [-0.15, -0.1) is 0 Å². The molecule has 1 aromatic carbocycles. The minimum atomic E-state index is -2.91. The minimum absolute atomic E-state index is 0.00491. The van der Waals surface area contributed by atoms with Crippen LogP contribution >= 0.6 is 0 Å². The Morgan fingerprint density at radius 1 is 1.22 bits per heavy atom. The number of rotatable bonds is 8. The Balaban J connectivity index is 2.22. The van der Waals surface area contributed by atoms with E-state index in [0.29, 0.717) is 12.6 Å². The van der Waals surface area contributed by atoms with Crippen molar-refractivity contribution in [2.75, 3.05) is 19.8 Å². The second-order valence-electron chi connectivity index (χ2n) is 4.59. The Bertz CT molecular complexity index is 328. The summed E-state index contributed by atoms with van der Waals surface area (Å²) in [7, 11) is 0. The Morgan fingerprint density at radius 3 is 2.50 bits per heavy atom. The highest BCUT2D eigenvalue weighted by Crippen LogP contribution is 2.27. The number of nitrogens with one attached hydrogen (secondary N) is 1. The van der Waals surface area contributed by atoms with Gasteiger partial charge in [-0.05, 0) is 13.0 Å². The number of hydrogen-bond donors (Lipinski definition) is 1. The van der Waals surface area contributed by atoms with E-state index in [2.05, 4.69) is 5.32 Å². The molecule has 0 atom stereocenters. The fraction of sp³-hybridized carbons (Fsp3) is 0.571. The van der Waals surface area contributed by atoms with Crippen LogP contribution in [0.4, 0.5) is 8.78 Å². The van der Waals surface area contributed by atoms with Gasteiger partial charge >= 0.3 is 0 Å². The molecule has 1 N–H and O–H groups in total. The highest BCUT2D eigenvalue weighted by atomic mass is 19.3. The molecule has 102 valence electrons. The molecule has 0 spiro atoms. The van der Waals surface area contributed by atoms with Gasteiger partial charge in [-0.3, -0.25) is 0 Å². The monoisotopic (exact) mass is 257 g/mol. The molecule has 4 heteroatoms. The summed E-state index contributed by atoms with van der Waals surface area (Å²) in [5.41, 5.74) is 0.00491. The zero-order valence-electron chi connectivity index (χ0n) is 11.0. The third-order valence-corrected chi connectivity index (χ3v) is 2.50. The summed E-state index contributed by atoms with van der Waals surface area (Å²) >= 11 is 0. The number of alkyl halides is 2. The van der Waals surface area contributed by atoms with Crippen LogP contribution in [0.25, 0.3) is 0 Å². The quantitative estimate of drug-likeness (QED) is 0.722. The van der Waals surface area contributed by atoms with Crippen LogP contribution in [0.5, 0.6) is 0 Å². The van der Waals surface area contributed by atoms with E-state index in [9.17, 15) is 8.78 Å². The molecule has 0 aliphatic heterocycles. The lowest BCUT2D eigenvalue weighted by atomic mass is 10.1. The topological polar surface area (TPSA) is 21.3 Å². The molecule has 0 aliphatic carbocycles. The van der Waals surface area contributed by atoms with Crippen molar-refractivity contribution < 1.29 is 13.5 Å². The van der Waals surface area contributed by atoms with Crippen LogP contribution in [-0.4, -0.2) is 25.8 Å². The first kappa shape index (κ1) is 15.1. The van der Waals surface area contributed by atoms with Crippen molar-refractivity contribution >= 4 is 0 Å². The van der Waals surface area contributed by atoms with Gasteiger partial charge in [0.25, 0.3) is 5.92 Å². The Kier molecular flexibility index (Phi) is 6.22. The average Bonchev–Trinajstić information content (AvgIpc) is 2.34. The van der Waals surface area contributed by atoms with Crippen molar-refractivity contribution in [1.82, 2.24) is 5.32 Å². The standard InChI is InChI=1S/C14H21F2NO/c1-12(2)17-9-6-10-18-11-14(15,16)13-7-4-3-5-8-13/h3-5,7-8,12,17H,6,9-11H2,1-2H3. The predicted octanol–water partition coefficient (Wildman–Crippen LogP) is 3.18. The molecule has 1 rings (SSSR count). The van der Waals surface area contributed by atoms with Gasteiger partial charge in [-0.1, -0.05) is 44.2 Å². The van der Waals surface area contributed by atoms with E-state index >= 15 is 0 Å². The van der Waals surface area contributed by atoms with Crippen LogP contribution < -0.4 is 5.32 Å². The Labute approximate surface area is 107 Å². The highest BCUT2D eigenvalue weighted by Gasteiger charge is 2.31. The molecular formula is C14H21F2NO. The molecule has 0 aliphatic rings. The van der Waals surface area contributed by atoms with Crippen molar-refractivity contribution in [1.29, 1.82) is 0 Å². The van der Waals surface area contributed by atoms with Gasteiger partial charge in [0, 0.05) is 18.2 Å². The van der Waals surface area contributed by atoms with Gasteiger partial charge in [-0.25, -0.2) is 0 Å². The average molecular weight is 257 g/mol. The predicted molar refractivity (Wildman–Crippen MR) is 68.9 cm³/mol. The zero-order valence-corrected chi connectivity index (χ0v) is 11.0. The molecular weight excluding hydrogens is 236 g/mol. The molecule has 0 saturated carbocycles. The van der Waals surface area contributed by atoms with Crippen LogP contribution in [0.1, 0.15) is 25.8 Å². The van der Waals surface area contributed by atoms with E-state index in [0.717, 1.165) is 13.0 Å². The fourth-order valence-corrected chi connectivity index (χ4v) is 1.53. The first-order valence-electron chi connectivity index (χ1n) is 6.27. The van der Waals surface area contributed by atoms with Gasteiger partial charge in [0.15, 0.2) is 0 Å². The van der Waals surface area contributed by atoms with Gasteiger partial charge < -0.3 is 10.1 Å². The van der Waals surface area contributed by atoms with E-state index in [1.807, 2.05) is 13.8 Å². The van der Waals surface area contributed by atoms with Crippen molar-refractivity contribution in [2.24, 2.45) is 0 Å². The fourth-order valence-electron chi connectivity index (χ4n) is 1.53. The summed E-state index contributed by atoms with van der Waals surface area (Å²) in [6.07, 6.45) is 0.739. The summed E-state index contributed by atoms with van der Waals surface area (Å²) in [4.78, 5) is 0. The smallest absolute Gasteiger partial charge is 0.296 e. The molecule has 0 saturated heterocycles. The maximum atomic E-state index is 13.7. The van der Waals surface area contributed by atoms with Crippen molar-refractivity contribution in [3.8, 4) is 0 Å². The lowest BCUT2D eigenvalue weighted by molar-refractivity contribution is -0.0828. The van der Waals surface area contributed by atoms with E-state index in [1.165, 1.54) is 12.1 Å². The van der Waals surface area contributed by atoms with Crippen molar-refractivity contribution in [2.45, 2.75) is 32.2 Å². The summed E-state index contributed by atoms with van der Waals surface area (Å²) in [5, 5.41) is 3.21. The molecule has 18 heavy (non-hydrogen) atoms. The van der Waals surface area contributed by atoms with Crippen molar-refractivity contribution in [3.63, 3.8) is 0 Å². The second-order valence-corrected chi connectivity index (χ2v) is 4.59. The van der Waals surface area contributed by atoms with Crippen LogP contribution in [0.3, 0.4) is 0 Å². The third kappa shape index (κ3) is 5.56. The molecule has 0 radical (unpaired) electrons. The molecule has 0 amide bonds. The number of benzene rings is 1. The van der Waals surface area contributed by atoms with E-state index in [-0.39, 0.29) is 5.56 Å². The second kappa shape index (κ2) is 7.44. The normalized spacial score (nSPS) is 12.1. The molecule has 0 unspecified atom stereocenters. The summed E-state index contributed by atoms with van der Waals surface area (Å²) in [6.45, 7) is 4.67.